The monoisotopic (exact) mass is 286 g/mol. The highest BCUT2D eigenvalue weighted by atomic mass is 35.5. The van der Waals surface area contributed by atoms with E-state index in [2.05, 4.69) is 35.8 Å². The Kier molecular flexibility index (Phi) is 4.06. The number of hydrogen-bond donors (Lipinski definition) is 2. The van der Waals surface area contributed by atoms with Gasteiger partial charge in [-0.05, 0) is 47.9 Å². The quantitative estimate of drug-likeness (QED) is 0.653. The van der Waals surface area contributed by atoms with Gasteiger partial charge >= 0.3 is 0 Å². The van der Waals surface area contributed by atoms with Crippen LogP contribution in [0.15, 0.2) is 48.5 Å². The smallest absolute Gasteiger partial charge is 0.0438 e. The molecule has 0 aromatic heterocycles. The Bertz CT molecular complexity index is 597. The highest BCUT2D eigenvalue weighted by Gasteiger charge is 2.27. The number of rotatable bonds is 5. The molecule has 1 aliphatic rings. The summed E-state index contributed by atoms with van der Waals surface area (Å²) >= 11 is 6.22. The van der Waals surface area contributed by atoms with Gasteiger partial charge in [0.15, 0.2) is 0 Å². The maximum absolute atomic E-state index is 6.22. The molecule has 20 heavy (non-hydrogen) atoms. The van der Waals surface area contributed by atoms with Crippen LogP contribution in [-0.2, 0) is 12.8 Å². The number of benzene rings is 2. The highest BCUT2D eigenvalue weighted by molar-refractivity contribution is 6.31. The molecule has 0 saturated carbocycles. The molecule has 0 heterocycles. The van der Waals surface area contributed by atoms with Gasteiger partial charge in [0, 0.05) is 11.1 Å². The molecule has 0 saturated heterocycles. The topological polar surface area (TPSA) is 38.0 Å². The van der Waals surface area contributed by atoms with Crippen molar-refractivity contribution in [2.75, 3.05) is 0 Å². The fourth-order valence-electron chi connectivity index (χ4n) is 3.06. The zero-order valence-electron chi connectivity index (χ0n) is 11.4. The van der Waals surface area contributed by atoms with Gasteiger partial charge in [0.1, 0.15) is 0 Å². The first kappa shape index (κ1) is 13.6. The predicted molar refractivity (Wildman–Crippen MR) is 83.8 cm³/mol. The van der Waals surface area contributed by atoms with Crippen molar-refractivity contribution in [3.05, 3.63) is 70.2 Å². The molecule has 0 aliphatic heterocycles. The Labute approximate surface area is 124 Å². The van der Waals surface area contributed by atoms with Crippen LogP contribution in [-0.4, -0.2) is 6.04 Å². The summed E-state index contributed by atoms with van der Waals surface area (Å²) < 4.78 is 0. The number of nitrogens with two attached hydrogens (primary N) is 1. The molecule has 2 aromatic carbocycles. The minimum Gasteiger partial charge on any atom is -0.271 e. The Morgan fingerprint density at radius 1 is 1.15 bits per heavy atom. The van der Waals surface area contributed by atoms with Crippen molar-refractivity contribution < 1.29 is 0 Å². The summed E-state index contributed by atoms with van der Waals surface area (Å²) in [5.41, 5.74) is 7.06. The lowest BCUT2D eigenvalue weighted by molar-refractivity contribution is 0.422. The zero-order chi connectivity index (χ0) is 13.9. The minimum atomic E-state index is 0.258. The molecule has 0 amide bonds. The molecule has 0 bridgehead atoms. The normalized spacial score (nSPS) is 18.2. The summed E-state index contributed by atoms with van der Waals surface area (Å²) in [7, 11) is 0. The lowest BCUT2D eigenvalue weighted by atomic mass is 9.74. The second-order valence-electron chi connectivity index (χ2n) is 5.49. The minimum absolute atomic E-state index is 0.258. The fourth-order valence-corrected chi connectivity index (χ4v) is 3.27. The van der Waals surface area contributed by atoms with Crippen molar-refractivity contribution >= 4 is 11.6 Å². The van der Waals surface area contributed by atoms with Gasteiger partial charge in [0.05, 0.1) is 0 Å². The van der Waals surface area contributed by atoms with Crippen LogP contribution in [0.3, 0.4) is 0 Å². The summed E-state index contributed by atoms with van der Waals surface area (Å²) in [5, 5.41) is 0.821. The molecule has 104 valence electrons. The molecule has 2 nitrogen and oxygen atoms in total. The SMILES string of the molecule is NNC(Cc1ccccc1Cl)CC1Cc2ccccc21. The molecule has 1 aliphatic carbocycles. The first-order valence-electron chi connectivity index (χ1n) is 7.05. The first-order valence-corrected chi connectivity index (χ1v) is 7.43. The van der Waals surface area contributed by atoms with Gasteiger partial charge in [-0.3, -0.25) is 11.3 Å². The summed E-state index contributed by atoms with van der Waals surface area (Å²) in [6.45, 7) is 0. The number of halogens is 1. The Hall–Kier alpha value is -1.35. The van der Waals surface area contributed by atoms with Gasteiger partial charge in [-0.15, -0.1) is 0 Å². The van der Waals surface area contributed by atoms with Gasteiger partial charge in [-0.1, -0.05) is 54.1 Å². The van der Waals surface area contributed by atoms with E-state index in [-0.39, 0.29) is 6.04 Å². The third-order valence-corrected chi connectivity index (χ3v) is 4.56. The molecule has 2 atom stereocenters. The predicted octanol–water partition coefficient (Wildman–Crippen LogP) is 3.44. The molecule has 0 spiro atoms. The summed E-state index contributed by atoms with van der Waals surface area (Å²) in [6, 6.07) is 16.9. The van der Waals surface area contributed by atoms with Crippen LogP contribution in [0.1, 0.15) is 29.0 Å². The van der Waals surface area contributed by atoms with Crippen LogP contribution in [0.25, 0.3) is 0 Å². The van der Waals surface area contributed by atoms with E-state index in [1.54, 1.807) is 0 Å². The van der Waals surface area contributed by atoms with E-state index in [4.69, 9.17) is 17.4 Å². The third-order valence-electron chi connectivity index (χ3n) is 4.19. The van der Waals surface area contributed by atoms with E-state index in [1.165, 1.54) is 11.1 Å². The fraction of sp³-hybridized carbons (Fsp3) is 0.294. The van der Waals surface area contributed by atoms with Gasteiger partial charge in [0.25, 0.3) is 0 Å². The number of nitrogens with one attached hydrogen (secondary N) is 1. The average Bonchev–Trinajstić information content (AvgIpc) is 2.45. The van der Waals surface area contributed by atoms with Crippen LogP contribution in [0, 0.1) is 0 Å². The van der Waals surface area contributed by atoms with Crippen LogP contribution in [0.2, 0.25) is 5.02 Å². The van der Waals surface area contributed by atoms with Gasteiger partial charge < -0.3 is 0 Å². The van der Waals surface area contributed by atoms with Crippen molar-refractivity contribution in [3.8, 4) is 0 Å². The molecule has 2 unspecified atom stereocenters. The second-order valence-corrected chi connectivity index (χ2v) is 5.90. The third kappa shape index (κ3) is 2.73. The lowest BCUT2D eigenvalue weighted by Gasteiger charge is -2.33. The highest BCUT2D eigenvalue weighted by Crippen LogP contribution is 2.38. The van der Waals surface area contributed by atoms with Crippen molar-refractivity contribution in [2.24, 2.45) is 5.84 Å². The van der Waals surface area contributed by atoms with Gasteiger partial charge in [-0.25, -0.2) is 0 Å². The average molecular weight is 287 g/mol. The van der Waals surface area contributed by atoms with Crippen LogP contribution in [0.4, 0.5) is 0 Å². The van der Waals surface area contributed by atoms with Crippen molar-refractivity contribution in [1.82, 2.24) is 5.43 Å². The molecular formula is C17H19ClN2. The standard InChI is InChI=1S/C17H19ClN2/c18-17-8-4-2-6-13(17)10-15(20-19)11-14-9-12-5-1-3-7-16(12)14/h1-8,14-15,20H,9-11,19H2. The zero-order valence-corrected chi connectivity index (χ0v) is 12.1. The van der Waals surface area contributed by atoms with E-state index in [1.807, 2.05) is 18.2 Å². The molecule has 3 rings (SSSR count). The summed E-state index contributed by atoms with van der Waals surface area (Å²) in [4.78, 5) is 0. The maximum Gasteiger partial charge on any atom is 0.0438 e. The largest absolute Gasteiger partial charge is 0.271 e. The van der Waals surface area contributed by atoms with Crippen molar-refractivity contribution in [1.29, 1.82) is 0 Å². The number of fused-ring (bicyclic) bond motifs is 1. The number of hydrogen-bond acceptors (Lipinski definition) is 2. The summed E-state index contributed by atoms with van der Waals surface area (Å²) in [6.07, 6.45) is 3.09. The van der Waals surface area contributed by atoms with E-state index in [9.17, 15) is 0 Å². The van der Waals surface area contributed by atoms with Gasteiger partial charge in [0.2, 0.25) is 0 Å². The second kappa shape index (κ2) is 5.96. The van der Waals surface area contributed by atoms with Crippen LogP contribution < -0.4 is 11.3 Å². The molecule has 2 aromatic rings. The summed E-state index contributed by atoms with van der Waals surface area (Å²) in [5.74, 6) is 6.34. The van der Waals surface area contributed by atoms with E-state index >= 15 is 0 Å². The van der Waals surface area contributed by atoms with Crippen LogP contribution >= 0.6 is 11.6 Å². The van der Waals surface area contributed by atoms with Crippen LogP contribution in [0.5, 0.6) is 0 Å². The van der Waals surface area contributed by atoms with Gasteiger partial charge in [-0.2, -0.15) is 0 Å². The lowest BCUT2D eigenvalue weighted by Crippen LogP contribution is -2.39. The Balaban J connectivity index is 1.66. The van der Waals surface area contributed by atoms with E-state index < -0.39 is 0 Å². The van der Waals surface area contributed by atoms with Crippen molar-refractivity contribution in [3.63, 3.8) is 0 Å². The molecule has 0 radical (unpaired) electrons. The molecule has 3 N–H and O–H groups in total. The number of hydrazine groups is 1. The maximum atomic E-state index is 6.22. The Morgan fingerprint density at radius 3 is 2.65 bits per heavy atom. The molecule has 3 heteroatoms. The Morgan fingerprint density at radius 2 is 1.90 bits per heavy atom. The van der Waals surface area contributed by atoms with E-state index in [0.29, 0.717) is 5.92 Å². The molecule has 0 fully saturated rings. The first-order chi connectivity index (χ1) is 9.78. The van der Waals surface area contributed by atoms with E-state index in [0.717, 1.165) is 29.8 Å². The van der Waals surface area contributed by atoms with Crippen molar-refractivity contribution in [2.45, 2.75) is 31.2 Å². The molecular weight excluding hydrogens is 268 g/mol.